The molecular weight excluding hydrogens is 256 g/mol. The van der Waals surface area contributed by atoms with Gasteiger partial charge in [0, 0.05) is 6.54 Å². The van der Waals surface area contributed by atoms with E-state index in [-0.39, 0.29) is 18.4 Å². The van der Waals surface area contributed by atoms with E-state index in [0.717, 1.165) is 19.3 Å². The second-order valence-corrected chi connectivity index (χ2v) is 5.65. The summed E-state index contributed by atoms with van der Waals surface area (Å²) in [5.74, 6) is -1.11. The number of aliphatic carboxylic acids is 1. The first-order valence-electron chi connectivity index (χ1n) is 7.41. The summed E-state index contributed by atoms with van der Waals surface area (Å²) in [5.41, 5.74) is 1.43. The lowest BCUT2D eigenvalue weighted by molar-refractivity contribution is -0.140. The molecule has 1 aliphatic rings. The van der Waals surface area contributed by atoms with E-state index in [4.69, 9.17) is 5.11 Å². The van der Waals surface area contributed by atoms with Gasteiger partial charge in [-0.25, -0.2) is 0 Å². The minimum atomic E-state index is -0.917. The largest absolute Gasteiger partial charge is 0.480 e. The van der Waals surface area contributed by atoms with Crippen molar-refractivity contribution in [1.29, 1.82) is 0 Å². The summed E-state index contributed by atoms with van der Waals surface area (Å²) in [4.78, 5) is 22.6. The van der Waals surface area contributed by atoms with Gasteiger partial charge < -0.3 is 10.4 Å². The zero-order valence-electron chi connectivity index (χ0n) is 12.4. The number of carbonyl (C=O) groups is 2. The second-order valence-electron chi connectivity index (χ2n) is 5.65. The predicted octanol–water partition coefficient (Wildman–Crippen LogP) is 1.69. The third-order valence-electron chi connectivity index (χ3n) is 3.57. The average molecular weight is 282 g/mol. The molecule has 5 heteroatoms. The molecule has 0 heterocycles. The molecule has 0 aromatic heterocycles. The maximum atomic E-state index is 11.6. The van der Waals surface area contributed by atoms with Gasteiger partial charge in [-0.1, -0.05) is 25.5 Å². The molecule has 0 aromatic carbocycles. The van der Waals surface area contributed by atoms with Crippen LogP contribution in [-0.4, -0.2) is 36.1 Å². The molecule has 0 aromatic rings. The molecule has 0 spiro atoms. The van der Waals surface area contributed by atoms with Gasteiger partial charge in [-0.3, -0.25) is 14.9 Å². The first-order valence-corrected chi connectivity index (χ1v) is 7.41. The van der Waals surface area contributed by atoms with Crippen LogP contribution >= 0.6 is 0 Å². The van der Waals surface area contributed by atoms with Crippen molar-refractivity contribution in [3.05, 3.63) is 11.6 Å². The summed E-state index contributed by atoms with van der Waals surface area (Å²) in [5, 5.41) is 14.6. The van der Waals surface area contributed by atoms with E-state index in [1.807, 2.05) is 13.8 Å². The number of hydrogen-bond donors (Lipinski definition) is 3. The lowest BCUT2D eigenvalue weighted by Gasteiger charge is -2.18. The third kappa shape index (κ3) is 6.19. The van der Waals surface area contributed by atoms with Crippen LogP contribution < -0.4 is 10.6 Å². The highest BCUT2D eigenvalue weighted by Gasteiger charge is 2.21. The Hall–Kier alpha value is -1.36. The lowest BCUT2D eigenvalue weighted by atomic mass is 9.97. The highest BCUT2D eigenvalue weighted by atomic mass is 16.4. The molecule has 1 atom stereocenters. The summed E-state index contributed by atoms with van der Waals surface area (Å²) in [7, 11) is 0. The van der Waals surface area contributed by atoms with Crippen molar-refractivity contribution in [3.8, 4) is 0 Å². The molecule has 0 bridgehead atoms. The van der Waals surface area contributed by atoms with Crippen molar-refractivity contribution in [3.63, 3.8) is 0 Å². The summed E-state index contributed by atoms with van der Waals surface area (Å²) in [6.07, 6.45) is 7.98. The van der Waals surface area contributed by atoms with E-state index < -0.39 is 12.0 Å². The third-order valence-corrected chi connectivity index (χ3v) is 3.57. The van der Waals surface area contributed by atoms with E-state index in [2.05, 4.69) is 16.7 Å². The zero-order chi connectivity index (χ0) is 15.0. The Morgan fingerprint density at radius 3 is 2.65 bits per heavy atom. The zero-order valence-corrected chi connectivity index (χ0v) is 12.4. The van der Waals surface area contributed by atoms with Crippen LogP contribution in [0, 0.1) is 5.92 Å². The van der Waals surface area contributed by atoms with Crippen LogP contribution in [0.2, 0.25) is 0 Å². The number of rotatable bonds is 8. The molecule has 1 amide bonds. The molecule has 5 nitrogen and oxygen atoms in total. The average Bonchev–Trinajstić information content (AvgIpc) is 2.39. The molecule has 1 aliphatic carbocycles. The summed E-state index contributed by atoms with van der Waals surface area (Å²) in [6.45, 7) is 4.32. The van der Waals surface area contributed by atoms with Crippen molar-refractivity contribution < 1.29 is 14.7 Å². The number of allylic oxidation sites excluding steroid dienone is 1. The van der Waals surface area contributed by atoms with Gasteiger partial charge in [-0.2, -0.15) is 0 Å². The number of carboxylic acids is 1. The SMILES string of the molecule is CC(C)C(NCC(=O)NCCC1=CCCCC1)C(=O)O. The van der Waals surface area contributed by atoms with Crippen molar-refractivity contribution in [2.45, 2.75) is 52.0 Å². The first-order chi connectivity index (χ1) is 9.50. The van der Waals surface area contributed by atoms with Crippen LogP contribution in [0.25, 0.3) is 0 Å². The van der Waals surface area contributed by atoms with Gasteiger partial charge >= 0.3 is 5.97 Å². The minimum absolute atomic E-state index is 0.0484. The Morgan fingerprint density at radius 1 is 1.35 bits per heavy atom. The molecule has 1 unspecified atom stereocenters. The van der Waals surface area contributed by atoms with Crippen molar-refractivity contribution in [2.24, 2.45) is 5.92 Å². The molecule has 114 valence electrons. The quantitative estimate of drug-likeness (QED) is 0.592. The monoisotopic (exact) mass is 282 g/mol. The molecule has 0 saturated carbocycles. The summed E-state index contributed by atoms with van der Waals surface area (Å²) >= 11 is 0. The Balaban J connectivity index is 2.19. The maximum absolute atomic E-state index is 11.6. The highest BCUT2D eigenvalue weighted by Crippen LogP contribution is 2.19. The smallest absolute Gasteiger partial charge is 0.320 e. The fourth-order valence-electron chi connectivity index (χ4n) is 2.37. The van der Waals surface area contributed by atoms with Crippen molar-refractivity contribution >= 4 is 11.9 Å². The molecular formula is C15H26N2O3. The van der Waals surface area contributed by atoms with Crippen LogP contribution in [-0.2, 0) is 9.59 Å². The topological polar surface area (TPSA) is 78.4 Å². The van der Waals surface area contributed by atoms with Gasteiger partial charge in [-0.05, 0) is 38.0 Å². The van der Waals surface area contributed by atoms with Gasteiger partial charge in [0.25, 0.3) is 0 Å². The van der Waals surface area contributed by atoms with Crippen molar-refractivity contribution in [2.75, 3.05) is 13.1 Å². The number of hydrogen-bond acceptors (Lipinski definition) is 3. The van der Waals surface area contributed by atoms with E-state index in [1.165, 1.54) is 18.4 Å². The lowest BCUT2D eigenvalue weighted by Crippen LogP contribution is -2.45. The molecule has 20 heavy (non-hydrogen) atoms. The molecule has 3 N–H and O–H groups in total. The first kappa shape index (κ1) is 16.7. The van der Waals surface area contributed by atoms with Crippen LogP contribution in [0.4, 0.5) is 0 Å². The minimum Gasteiger partial charge on any atom is -0.480 e. The van der Waals surface area contributed by atoms with Gasteiger partial charge in [-0.15, -0.1) is 0 Å². The number of carboxylic acid groups (broad SMARTS) is 1. The number of amides is 1. The van der Waals surface area contributed by atoms with E-state index >= 15 is 0 Å². The molecule has 0 aliphatic heterocycles. The van der Waals surface area contributed by atoms with E-state index in [1.54, 1.807) is 0 Å². The highest BCUT2D eigenvalue weighted by molar-refractivity contribution is 5.79. The standard InChI is InChI=1S/C15H26N2O3/c1-11(2)14(15(19)20)17-10-13(18)16-9-8-12-6-4-3-5-7-12/h6,11,14,17H,3-5,7-10H2,1-2H3,(H,16,18)(H,19,20). The van der Waals surface area contributed by atoms with Crippen LogP contribution in [0.5, 0.6) is 0 Å². The van der Waals surface area contributed by atoms with Crippen LogP contribution in [0.3, 0.4) is 0 Å². The van der Waals surface area contributed by atoms with Crippen LogP contribution in [0.15, 0.2) is 11.6 Å². The number of nitrogens with one attached hydrogen (secondary N) is 2. The fourth-order valence-corrected chi connectivity index (χ4v) is 2.37. The molecule has 1 rings (SSSR count). The molecule has 0 saturated heterocycles. The van der Waals surface area contributed by atoms with Gasteiger partial charge in [0.2, 0.25) is 5.91 Å². The Morgan fingerprint density at radius 2 is 2.10 bits per heavy atom. The summed E-state index contributed by atoms with van der Waals surface area (Å²) in [6, 6.07) is -0.679. The van der Waals surface area contributed by atoms with Gasteiger partial charge in [0.1, 0.15) is 6.04 Å². The predicted molar refractivity (Wildman–Crippen MR) is 78.4 cm³/mol. The molecule has 0 radical (unpaired) electrons. The van der Waals surface area contributed by atoms with Crippen LogP contribution in [0.1, 0.15) is 46.0 Å². The summed E-state index contributed by atoms with van der Waals surface area (Å²) < 4.78 is 0. The molecule has 0 fully saturated rings. The normalized spacial score (nSPS) is 16.6. The second kappa shape index (κ2) is 8.74. The Bertz CT molecular complexity index is 364. The van der Waals surface area contributed by atoms with E-state index in [0.29, 0.717) is 6.54 Å². The fraction of sp³-hybridized carbons (Fsp3) is 0.733. The van der Waals surface area contributed by atoms with Crippen molar-refractivity contribution in [1.82, 2.24) is 10.6 Å². The maximum Gasteiger partial charge on any atom is 0.320 e. The number of carbonyl (C=O) groups excluding carboxylic acids is 1. The van der Waals surface area contributed by atoms with E-state index in [9.17, 15) is 9.59 Å². The van der Waals surface area contributed by atoms with Gasteiger partial charge in [0.15, 0.2) is 0 Å². The Kier molecular flexibility index (Phi) is 7.30. The van der Waals surface area contributed by atoms with Gasteiger partial charge in [0.05, 0.1) is 6.54 Å². The Labute approximate surface area is 120 Å².